The fraction of sp³-hybridized carbons (Fsp3) is 0.500. The molecule has 3 rings (SSSR count). The molecule has 0 spiro atoms. The van der Waals surface area contributed by atoms with Crippen molar-refractivity contribution in [3.63, 3.8) is 0 Å². The lowest BCUT2D eigenvalue weighted by Gasteiger charge is -2.25. The molecule has 1 atom stereocenters. The zero-order chi connectivity index (χ0) is 17.8. The molecule has 1 aliphatic rings. The Bertz CT molecular complexity index is 812. The molecular formula is C18H24N4O2S. The Hall–Kier alpha value is -2.15. The van der Waals surface area contributed by atoms with Crippen LogP contribution in [0.5, 0.6) is 5.75 Å². The van der Waals surface area contributed by atoms with E-state index in [9.17, 15) is 4.79 Å². The minimum atomic E-state index is 0.0846. The summed E-state index contributed by atoms with van der Waals surface area (Å²) in [6.07, 6.45) is 3.75. The number of carbonyl (C=O) groups is 1. The zero-order valence-electron chi connectivity index (χ0n) is 14.7. The highest BCUT2D eigenvalue weighted by molar-refractivity contribution is 7.71. The van der Waals surface area contributed by atoms with Crippen LogP contribution < -0.4 is 10.1 Å². The van der Waals surface area contributed by atoms with Gasteiger partial charge in [-0.25, -0.2) is 0 Å². The summed E-state index contributed by atoms with van der Waals surface area (Å²) in [5.74, 6) is 2.08. The average molecular weight is 360 g/mol. The number of benzene rings is 1. The number of carbonyl (C=O) groups excluding carboxylic acids is 1. The molecule has 0 saturated carbocycles. The third-order valence-corrected chi connectivity index (χ3v) is 5.14. The molecule has 1 aromatic carbocycles. The molecule has 1 aliphatic carbocycles. The number of nitrogens with zero attached hydrogens (tertiary/aromatic N) is 2. The average Bonchev–Trinajstić information content (AvgIpc) is 2.93. The molecule has 2 aromatic rings. The van der Waals surface area contributed by atoms with E-state index in [1.807, 2.05) is 17.6 Å². The summed E-state index contributed by atoms with van der Waals surface area (Å²) >= 11 is 5.17. The summed E-state index contributed by atoms with van der Waals surface area (Å²) in [5.41, 5.74) is 2.60. The number of methoxy groups -OCH3 is 1. The van der Waals surface area contributed by atoms with Crippen molar-refractivity contribution in [2.24, 2.45) is 0 Å². The number of hydrogen-bond donors (Lipinski definition) is 2. The lowest BCUT2D eigenvalue weighted by Crippen LogP contribution is -2.29. The second kappa shape index (κ2) is 7.82. The van der Waals surface area contributed by atoms with Gasteiger partial charge in [0.15, 0.2) is 4.77 Å². The van der Waals surface area contributed by atoms with Crippen LogP contribution in [0.4, 0.5) is 0 Å². The van der Waals surface area contributed by atoms with Crippen molar-refractivity contribution >= 4 is 18.1 Å². The van der Waals surface area contributed by atoms with Gasteiger partial charge >= 0.3 is 0 Å². The number of rotatable bonds is 6. The smallest absolute Gasteiger partial charge is 0.220 e. The topological polar surface area (TPSA) is 71.9 Å². The van der Waals surface area contributed by atoms with Crippen LogP contribution in [0, 0.1) is 11.7 Å². The summed E-state index contributed by atoms with van der Waals surface area (Å²) in [6.45, 7) is 3.07. The van der Waals surface area contributed by atoms with Gasteiger partial charge in [-0.1, -0.05) is 6.07 Å². The number of H-pyrrole nitrogens is 1. The fourth-order valence-electron chi connectivity index (χ4n) is 3.49. The molecule has 0 fully saturated rings. The second-order valence-electron chi connectivity index (χ2n) is 6.44. The number of aromatic nitrogens is 3. The van der Waals surface area contributed by atoms with Gasteiger partial charge in [-0.2, -0.15) is 5.10 Å². The quantitative estimate of drug-likeness (QED) is 0.777. The molecule has 1 amide bonds. The molecule has 1 aromatic heterocycles. The van der Waals surface area contributed by atoms with E-state index in [1.165, 1.54) is 11.1 Å². The number of aromatic amines is 1. The van der Waals surface area contributed by atoms with Crippen LogP contribution in [0.15, 0.2) is 18.2 Å². The number of fused-ring (bicyclic) bond motifs is 1. The highest BCUT2D eigenvalue weighted by Crippen LogP contribution is 2.35. The van der Waals surface area contributed by atoms with Gasteiger partial charge < -0.3 is 14.6 Å². The third kappa shape index (κ3) is 4.10. The van der Waals surface area contributed by atoms with E-state index in [-0.39, 0.29) is 11.8 Å². The number of hydrogen-bond acceptors (Lipinski definition) is 4. The Morgan fingerprint density at radius 2 is 2.36 bits per heavy atom. The van der Waals surface area contributed by atoms with Crippen LogP contribution >= 0.6 is 12.2 Å². The maximum Gasteiger partial charge on any atom is 0.220 e. The van der Waals surface area contributed by atoms with Crippen LogP contribution in [-0.2, 0) is 17.8 Å². The Balaban J connectivity index is 1.56. The first-order valence-electron chi connectivity index (χ1n) is 8.64. The SMILES string of the molecule is COc1ccc2c(c1)CCCC2CC(=O)NCCn1c(C)n[nH]c1=S. The van der Waals surface area contributed by atoms with Gasteiger partial charge in [-0.3, -0.25) is 9.89 Å². The van der Waals surface area contributed by atoms with Gasteiger partial charge in [0.05, 0.1) is 7.11 Å². The predicted octanol–water partition coefficient (Wildman–Crippen LogP) is 2.88. The van der Waals surface area contributed by atoms with Crippen LogP contribution in [0.3, 0.4) is 0 Å². The van der Waals surface area contributed by atoms with Crippen molar-refractivity contribution in [3.8, 4) is 5.75 Å². The number of aryl methyl sites for hydroxylation is 2. The summed E-state index contributed by atoms with van der Waals surface area (Å²) in [7, 11) is 1.68. The van der Waals surface area contributed by atoms with E-state index in [1.54, 1.807) is 7.11 Å². The van der Waals surface area contributed by atoms with E-state index in [0.717, 1.165) is 30.8 Å². The lowest BCUT2D eigenvalue weighted by molar-refractivity contribution is -0.121. The van der Waals surface area contributed by atoms with Crippen LogP contribution in [0.25, 0.3) is 0 Å². The molecular weight excluding hydrogens is 336 g/mol. The van der Waals surface area contributed by atoms with Crippen molar-refractivity contribution in [1.29, 1.82) is 0 Å². The molecule has 0 bridgehead atoms. The normalized spacial score (nSPS) is 16.3. The first-order chi connectivity index (χ1) is 12.1. The molecule has 1 heterocycles. The van der Waals surface area contributed by atoms with E-state index in [2.05, 4.69) is 27.6 Å². The second-order valence-corrected chi connectivity index (χ2v) is 6.82. The monoisotopic (exact) mass is 360 g/mol. The van der Waals surface area contributed by atoms with E-state index in [4.69, 9.17) is 17.0 Å². The van der Waals surface area contributed by atoms with Crippen molar-refractivity contribution in [1.82, 2.24) is 20.1 Å². The molecule has 134 valence electrons. The Labute approximate surface area is 152 Å². The van der Waals surface area contributed by atoms with E-state index >= 15 is 0 Å². The lowest BCUT2D eigenvalue weighted by atomic mass is 9.81. The Morgan fingerprint density at radius 3 is 3.08 bits per heavy atom. The van der Waals surface area contributed by atoms with Gasteiger partial charge in [0.25, 0.3) is 0 Å². The fourth-order valence-corrected chi connectivity index (χ4v) is 3.76. The molecule has 0 saturated heterocycles. The summed E-state index contributed by atoms with van der Waals surface area (Å²) < 4.78 is 7.78. The van der Waals surface area contributed by atoms with Crippen LogP contribution in [0.1, 0.15) is 42.1 Å². The Morgan fingerprint density at radius 1 is 1.52 bits per heavy atom. The summed E-state index contributed by atoms with van der Waals surface area (Å²) in [5, 5.41) is 9.83. The predicted molar refractivity (Wildman–Crippen MR) is 98.4 cm³/mol. The number of nitrogens with one attached hydrogen (secondary N) is 2. The minimum Gasteiger partial charge on any atom is -0.497 e. The van der Waals surface area contributed by atoms with Crippen molar-refractivity contribution < 1.29 is 9.53 Å². The first-order valence-corrected chi connectivity index (χ1v) is 9.04. The van der Waals surface area contributed by atoms with Gasteiger partial charge in [0, 0.05) is 19.5 Å². The highest BCUT2D eigenvalue weighted by atomic mass is 32.1. The van der Waals surface area contributed by atoms with Crippen LogP contribution in [-0.4, -0.2) is 34.3 Å². The van der Waals surface area contributed by atoms with Crippen molar-refractivity contribution in [3.05, 3.63) is 39.9 Å². The van der Waals surface area contributed by atoms with Crippen molar-refractivity contribution in [2.45, 2.75) is 45.1 Å². The number of amides is 1. The highest BCUT2D eigenvalue weighted by Gasteiger charge is 2.23. The van der Waals surface area contributed by atoms with Crippen LogP contribution in [0.2, 0.25) is 0 Å². The number of ether oxygens (including phenoxy) is 1. The molecule has 2 N–H and O–H groups in total. The minimum absolute atomic E-state index is 0.0846. The maximum atomic E-state index is 12.3. The van der Waals surface area contributed by atoms with Gasteiger partial charge in [-0.05, 0) is 67.6 Å². The van der Waals surface area contributed by atoms with Gasteiger partial charge in [-0.15, -0.1) is 0 Å². The van der Waals surface area contributed by atoms with Gasteiger partial charge in [0.1, 0.15) is 11.6 Å². The van der Waals surface area contributed by atoms with E-state index in [0.29, 0.717) is 24.3 Å². The maximum absolute atomic E-state index is 12.3. The largest absolute Gasteiger partial charge is 0.497 e. The van der Waals surface area contributed by atoms with Gasteiger partial charge in [0.2, 0.25) is 5.91 Å². The molecule has 0 aliphatic heterocycles. The molecule has 7 heteroatoms. The van der Waals surface area contributed by atoms with Crippen molar-refractivity contribution in [2.75, 3.05) is 13.7 Å². The molecule has 1 unspecified atom stereocenters. The molecule has 0 radical (unpaired) electrons. The first kappa shape index (κ1) is 17.7. The third-order valence-electron chi connectivity index (χ3n) is 4.83. The zero-order valence-corrected chi connectivity index (χ0v) is 15.5. The van der Waals surface area contributed by atoms with E-state index < -0.39 is 0 Å². The summed E-state index contributed by atoms with van der Waals surface area (Å²) in [4.78, 5) is 12.3. The Kier molecular flexibility index (Phi) is 5.53. The molecule has 6 nitrogen and oxygen atoms in total. The standard InChI is InChI=1S/C18H24N4O2S/c1-12-20-21-18(25)22(12)9-8-19-17(23)11-14-5-3-4-13-10-15(24-2)6-7-16(13)14/h6-7,10,14H,3-5,8-9,11H2,1-2H3,(H,19,23)(H,21,25). The molecule has 25 heavy (non-hydrogen) atoms. The summed E-state index contributed by atoms with van der Waals surface area (Å²) in [6, 6.07) is 6.20.